The number of aromatic carboxylic acids is 2. The summed E-state index contributed by atoms with van der Waals surface area (Å²) in [7, 11) is 2.42. The molecule has 0 fully saturated rings. The summed E-state index contributed by atoms with van der Waals surface area (Å²) in [6.45, 7) is 4.42. The van der Waals surface area contributed by atoms with Crippen molar-refractivity contribution in [2.75, 3.05) is 38.2 Å². The minimum Gasteiger partial charge on any atom is -0.493 e. The molecule has 14 nitrogen and oxygen atoms in total. The number of nitrogens with one attached hydrogen (secondary N) is 2. The van der Waals surface area contributed by atoms with Crippen molar-refractivity contribution >= 4 is 41.2 Å². The summed E-state index contributed by atoms with van der Waals surface area (Å²) in [4.78, 5) is 65.4. The number of amides is 1. The zero-order valence-corrected chi connectivity index (χ0v) is 28.2. The van der Waals surface area contributed by atoms with E-state index >= 15 is 0 Å². The number of carboxylic acid groups (broad SMARTS) is 2. The Morgan fingerprint density at radius 1 is 0.627 bits per heavy atom. The highest BCUT2D eigenvalue weighted by Crippen LogP contribution is 2.24. The topological polar surface area (TPSA) is 196 Å². The summed E-state index contributed by atoms with van der Waals surface area (Å²) in [6.07, 6.45) is 0. The van der Waals surface area contributed by atoms with E-state index in [1.54, 1.807) is 48.5 Å². The lowest BCUT2D eigenvalue weighted by Crippen LogP contribution is -2.28. The molecule has 1 amide bonds. The SMILES string of the molecule is COC(=O)c1ccc(C(=O)O)c(CONc2ccc(OCC(C)(C)COc3ccc(NC(=O)c4cc(C(=O)OC)ccc4C(=O)O)cc3)cc2)c1. The van der Waals surface area contributed by atoms with Gasteiger partial charge in [0.2, 0.25) is 0 Å². The van der Waals surface area contributed by atoms with Gasteiger partial charge in [-0.25, -0.2) is 19.2 Å². The van der Waals surface area contributed by atoms with Gasteiger partial charge in [-0.15, -0.1) is 0 Å². The molecule has 266 valence electrons. The van der Waals surface area contributed by atoms with Crippen LogP contribution in [0, 0.1) is 5.41 Å². The van der Waals surface area contributed by atoms with Crippen molar-refractivity contribution < 1.29 is 58.0 Å². The molecular weight excluding hydrogens is 664 g/mol. The Hall–Kier alpha value is -6.41. The third kappa shape index (κ3) is 10.3. The van der Waals surface area contributed by atoms with Crippen LogP contribution in [0.4, 0.5) is 11.4 Å². The molecule has 0 aliphatic rings. The van der Waals surface area contributed by atoms with E-state index < -0.39 is 35.2 Å². The lowest BCUT2D eigenvalue weighted by atomic mass is 9.96. The van der Waals surface area contributed by atoms with Crippen LogP contribution in [0.1, 0.15) is 71.2 Å². The number of hydrogen-bond donors (Lipinski definition) is 4. The molecule has 0 saturated carbocycles. The Balaban J connectivity index is 1.25. The smallest absolute Gasteiger partial charge is 0.337 e. The summed E-state index contributed by atoms with van der Waals surface area (Å²) in [5.41, 5.74) is 3.39. The Bertz CT molecular complexity index is 1900. The van der Waals surface area contributed by atoms with E-state index in [1.165, 1.54) is 50.6 Å². The normalized spacial score (nSPS) is 10.8. The fourth-order valence-electron chi connectivity index (χ4n) is 4.58. The van der Waals surface area contributed by atoms with Crippen molar-refractivity contribution in [3.8, 4) is 11.5 Å². The maximum absolute atomic E-state index is 12.9. The van der Waals surface area contributed by atoms with Gasteiger partial charge in [0.05, 0.1) is 60.9 Å². The molecule has 14 heteroatoms. The number of esters is 2. The Morgan fingerprint density at radius 3 is 1.63 bits per heavy atom. The molecular formula is C37H36N2O12. The van der Waals surface area contributed by atoms with Crippen LogP contribution < -0.4 is 20.3 Å². The van der Waals surface area contributed by atoms with Crippen LogP contribution in [0.25, 0.3) is 0 Å². The molecule has 4 aromatic rings. The minimum atomic E-state index is -1.32. The lowest BCUT2D eigenvalue weighted by molar-refractivity contribution is 0.0591. The van der Waals surface area contributed by atoms with Crippen molar-refractivity contribution in [3.05, 3.63) is 118 Å². The second kappa shape index (κ2) is 16.8. The Kier molecular flexibility index (Phi) is 12.3. The van der Waals surface area contributed by atoms with E-state index in [0.29, 0.717) is 41.7 Å². The number of hydrogen-bond acceptors (Lipinski definition) is 11. The van der Waals surface area contributed by atoms with Gasteiger partial charge >= 0.3 is 23.9 Å². The van der Waals surface area contributed by atoms with Crippen molar-refractivity contribution in [3.63, 3.8) is 0 Å². The zero-order valence-electron chi connectivity index (χ0n) is 28.2. The number of methoxy groups -OCH3 is 2. The first-order valence-corrected chi connectivity index (χ1v) is 15.4. The van der Waals surface area contributed by atoms with Crippen molar-refractivity contribution in [1.82, 2.24) is 0 Å². The fourth-order valence-corrected chi connectivity index (χ4v) is 4.58. The number of carbonyl (C=O) groups is 5. The first kappa shape index (κ1) is 37.4. The standard InChI is InChI=1S/C37H36N2O12/c1-37(2,20-49-27-11-7-25(8-12-27)38-32(40)31-18-23(36(46)48-4)6-16-30(31)34(43)44)21-50-28-13-9-26(10-14-28)39-51-19-24-17-22(35(45)47-3)5-15-29(24)33(41)42/h5-18,39H,19-21H2,1-4H3,(H,38,40)(H,41,42)(H,43,44). The molecule has 0 bridgehead atoms. The number of benzene rings is 4. The summed E-state index contributed by atoms with van der Waals surface area (Å²) < 4.78 is 21.3. The maximum Gasteiger partial charge on any atom is 0.337 e. The summed E-state index contributed by atoms with van der Waals surface area (Å²) in [6, 6.07) is 21.2. The molecule has 0 saturated heterocycles. The van der Waals surface area contributed by atoms with Gasteiger partial charge in [-0.1, -0.05) is 13.8 Å². The lowest BCUT2D eigenvalue weighted by Gasteiger charge is -2.25. The van der Waals surface area contributed by atoms with Crippen LogP contribution >= 0.6 is 0 Å². The second-order valence-corrected chi connectivity index (χ2v) is 11.9. The molecule has 4 aromatic carbocycles. The first-order chi connectivity index (χ1) is 24.3. The molecule has 4 N–H and O–H groups in total. The molecule has 0 radical (unpaired) electrons. The minimum absolute atomic E-state index is 0.000439. The fraction of sp³-hybridized carbons (Fsp3) is 0.216. The van der Waals surface area contributed by atoms with E-state index in [-0.39, 0.29) is 34.4 Å². The molecule has 0 unspecified atom stereocenters. The largest absolute Gasteiger partial charge is 0.493 e. The van der Waals surface area contributed by atoms with Gasteiger partial charge in [-0.2, -0.15) is 0 Å². The molecule has 0 spiro atoms. The van der Waals surface area contributed by atoms with Gasteiger partial charge in [0, 0.05) is 11.1 Å². The first-order valence-electron chi connectivity index (χ1n) is 15.4. The highest BCUT2D eigenvalue weighted by Gasteiger charge is 2.22. The van der Waals surface area contributed by atoms with Gasteiger partial charge < -0.3 is 34.5 Å². The van der Waals surface area contributed by atoms with Crippen molar-refractivity contribution in [2.45, 2.75) is 20.5 Å². The molecule has 0 heterocycles. The van der Waals surface area contributed by atoms with Crippen molar-refractivity contribution in [1.29, 1.82) is 0 Å². The molecule has 4 rings (SSSR count). The third-order valence-electron chi connectivity index (χ3n) is 7.32. The van der Waals surface area contributed by atoms with E-state index in [0.717, 1.165) is 0 Å². The quantitative estimate of drug-likeness (QED) is 0.0793. The molecule has 0 aliphatic heterocycles. The van der Waals surface area contributed by atoms with Gasteiger partial charge in [0.1, 0.15) is 18.1 Å². The van der Waals surface area contributed by atoms with Crippen LogP contribution in [0.5, 0.6) is 11.5 Å². The number of ether oxygens (including phenoxy) is 4. The highest BCUT2D eigenvalue weighted by atomic mass is 16.6. The molecule has 51 heavy (non-hydrogen) atoms. The maximum atomic E-state index is 12.9. The van der Waals surface area contributed by atoms with Crippen LogP contribution in [-0.4, -0.2) is 67.4 Å². The summed E-state index contributed by atoms with van der Waals surface area (Å²) in [5.74, 6) is -3.35. The monoisotopic (exact) mass is 700 g/mol. The van der Waals surface area contributed by atoms with Crippen LogP contribution in [0.3, 0.4) is 0 Å². The molecule has 0 aliphatic carbocycles. The number of anilines is 2. The summed E-state index contributed by atoms with van der Waals surface area (Å²) in [5, 5.41) is 21.6. The van der Waals surface area contributed by atoms with E-state index in [1.807, 2.05) is 13.8 Å². The van der Waals surface area contributed by atoms with Crippen molar-refractivity contribution in [2.24, 2.45) is 5.41 Å². The van der Waals surface area contributed by atoms with Gasteiger partial charge in [-0.05, 0) is 90.5 Å². The number of carboxylic acids is 2. The highest BCUT2D eigenvalue weighted by molar-refractivity contribution is 6.12. The van der Waals surface area contributed by atoms with Gasteiger partial charge in [0.25, 0.3) is 5.91 Å². The predicted octanol–water partition coefficient (Wildman–Crippen LogP) is 5.94. The predicted molar refractivity (Wildman–Crippen MR) is 184 cm³/mol. The number of rotatable bonds is 16. The van der Waals surface area contributed by atoms with Crippen LogP contribution in [0.15, 0.2) is 84.9 Å². The average molecular weight is 701 g/mol. The van der Waals surface area contributed by atoms with Gasteiger partial charge in [0.15, 0.2) is 0 Å². The molecule has 0 atom stereocenters. The molecule has 0 aromatic heterocycles. The average Bonchev–Trinajstić information content (AvgIpc) is 3.13. The Labute approximate surface area is 292 Å². The Morgan fingerprint density at radius 2 is 1.12 bits per heavy atom. The third-order valence-corrected chi connectivity index (χ3v) is 7.32. The summed E-state index contributed by atoms with van der Waals surface area (Å²) >= 11 is 0. The van der Waals surface area contributed by atoms with E-state index in [2.05, 4.69) is 15.5 Å². The van der Waals surface area contributed by atoms with E-state index in [9.17, 15) is 34.2 Å². The van der Waals surface area contributed by atoms with E-state index in [4.69, 9.17) is 19.0 Å². The zero-order chi connectivity index (χ0) is 37.1. The van der Waals surface area contributed by atoms with Crippen LogP contribution in [0.2, 0.25) is 0 Å². The van der Waals surface area contributed by atoms with Gasteiger partial charge in [-0.3, -0.25) is 15.1 Å². The van der Waals surface area contributed by atoms with Crippen LogP contribution in [-0.2, 0) is 20.9 Å². The number of carbonyl (C=O) groups excluding carboxylic acids is 3. The second-order valence-electron chi connectivity index (χ2n) is 11.9.